The summed E-state index contributed by atoms with van der Waals surface area (Å²) in [6.07, 6.45) is 2.26. The van der Waals surface area contributed by atoms with Crippen molar-refractivity contribution in [1.82, 2.24) is 25.5 Å². The Morgan fingerprint density at radius 2 is 2.07 bits per heavy atom. The summed E-state index contributed by atoms with van der Waals surface area (Å²) in [5.74, 6) is 1.41. The van der Waals surface area contributed by atoms with E-state index in [1.165, 1.54) is 0 Å². The second-order valence-electron chi connectivity index (χ2n) is 4.12. The van der Waals surface area contributed by atoms with E-state index in [2.05, 4.69) is 34.7 Å². The number of tetrazole rings is 1. The average molecular weight is 195 g/mol. The SMILES string of the molecule is CC(C)c1nnnn1C1CCNCC1. The molecule has 0 aromatic carbocycles. The van der Waals surface area contributed by atoms with Crippen LogP contribution < -0.4 is 5.32 Å². The van der Waals surface area contributed by atoms with Crippen molar-refractivity contribution >= 4 is 0 Å². The Hall–Kier alpha value is -0.970. The van der Waals surface area contributed by atoms with Crippen molar-refractivity contribution < 1.29 is 0 Å². The van der Waals surface area contributed by atoms with Gasteiger partial charge in [-0.3, -0.25) is 0 Å². The molecule has 0 saturated carbocycles. The maximum absolute atomic E-state index is 4.09. The summed E-state index contributed by atoms with van der Waals surface area (Å²) in [5, 5.41) is 15.3. The van der Waals surface area contributed by atoms with Gasteiger partial charge in [0, 0.05) is 5.92 Å². The van der Waals surface area contributed by atoms with Gasteiger partial charge in [0.05, 0.1) is 6.04 Å². The van der Waals surface area contributed by atoms with Crippen LogP contribution in [0.25, 0.3) is 0 Å². The van der Waals surface area contributed by atoms with Gasteiger partial charge in [0.15, 0.2) is 5.82 Å². The lowest BCUT2D eigenvalue weighted by Gasteiger charge is -2.23. The molecule has 1 fully saturated rings. The van der Waals surface area contributed by atoms with Crippen LogP contribution in [0.4, 0.5) is 0 Å². The summed E-state index contributed by atoms with van der Waals surface area (Å²) in [6, 6.07) is 0.489. The van der Waals surface area contributed by atoms with Gasteiger partial charge in [0.2, 0.25) is 0 Å². The van der Waals surface area contributed by atoms with Gasteiger partial charge in [-0.15, -0.1) is 5.10 Å². The lowest BCUT2D eigenvalue weighted by Crippen LogP contribution is -2.30. The van der Waals surface area contributed by atoms with Gasteiger partial charge >= 0.3 is 0 Å². The summed E-state index contributed by atoms with van der Waals surface area (Å²) in [4.78, 5) is 0. The van der Waals surface area contributed by atoms with E-state index < -0.39 is 0 Å². The predicted octanol–water partition coefficient (Wildman–Crippen LogP) is 0.721. The molecule has 14 heavy (non-hydrogen) atoms. The van der Waals surface area contributed by atoms with Gasteiger partial charge in [-0.25, -0.2) is 4.68 Å². The Kier molecular flexibility index (Phi) is 2.77. The molecule has 0 unspecified atom stereocenters. The van der Waals surface area contributed by atoms with E-state index in [-0.39, 0.29) is 0 Å². The molecule has 0 radical (unpaired) electrons. The molecule has 1 N–H and O–H groups in total. The fraction of sp³-hybridized carbons (Fsp3) is 0.889. The van der Waals surface area contributed by atoms with Crippen molar-refractivity contribution in [1.29, 1.82) is 0 Å². The summed E-state index contributed by atoms with van der Waals surface area (Å²) in [6.45, 7) is 6.40. The van der Waals surface area contributed by atoms with Crippen LogP contribution in [0.1, 0.15) is 44.5 Å². The molecule has 0 aliphatic carbocycles. The monoisotopic (exact) mass is 195 g/mol. The fourth-order valence-electron chi connectivity index (χ4n) is 1.89. The van der Waals surface area contributed by atoms with Crippen LogP contribution in [0.2, 0.25) is 0 Å². The van der Waals surface area contributed by atoms with Gasteiger partial charge in [0.1, 0.15) is 0 Å². The van der Waals surface area contributed by atoms with Crippen LogP contribution in [-0.4, -0.2) is 33.3 Å². The van der Waals surface area contributed by atoms with Gasteiger partial charge in [-0.1, -0.05) is 13.8 Å². The van der Waals surface area contributed by atoms with Gasteiger partial charge < -0.3 is 5.32 Å². The Labute approximate surface area is 83.9 Å². The highest BCUT2D eigenvalue weighted by atomic mass is 15.6. The van der Waals surface area contributed by atoms with Crippen LogP contribution in [0.15, 0.2) is 0 Å². The van der Waals surface area contributed by atoms with E-state index >= 15 is 0 Å². The molecular formula is C9H17N5. The van der Waals surface area contributed by atoms with Crippen molar-refractivity contribution in [3.8, 4) is 0 Å². The highest BCUT2D eigenvalue weighted by molar-refractivity contribution is 4.91. The first-order chi connectivity index (χ1) is 6.79. The molecule has 0 bridgehead atoms. The van der Waals surface area contributed by atoms with Crippen molar-refractivity contribution in [3.63, 3.8) is 0 Å². The summed E-state index contributed by atoms with van der Waals surface area (Å²) in [5.41, 5.74) is 0. The number of nitrogens with one attached hydrogen (secondary N) is 1. The maximum Gasteiger partial charge on any atom is 0.154 e. The topological polar surface area (TPSA) is 55.6 Å². The molecule has 5 nitrogen and oxygen atoms in total. The lowest BCUT2D eigenvalue weighted by atomic mass is 10.1. The first kappa shape index (κ1) is 9.58. The van der Waals surface area contributed by atoms with E-state index in [4.69, 9.17) is 0 Å². The molecule has 1 aromatic heterocycles. The smallest absolute Gasteiger partial charge is 0.154 e. The molecule has 1 aliphatic heterocycles. The minimum absolute atomic E-state index is 0.403. The van der Waals surface area contributed by atoms with E-state index in [0.29, 0.717) is 12.0 Å². The molecule has 0 atom stereocenters. The zero-order chi connectivity index (χ0) is 9.97. The van der Waals surface area contributed by atoms with E-state index in [0.717, 1.165) is 31.8 Å². The number of hydrogen-bond donors (Lipinski definition) is 1. The minimum atomic E-state index is 0.403. The summed E-state index contributed by atoms with van der Waals surface area (Å²) in [7, 11) is 0. The molecule has 1 aliphatic rings. The molecule has 78 valence electrons. The van der Waals surface area contributed by atoms with Crippen LogP contribution in [0.5, 0.6) is 0 Å². The van der Waals surface area contributed by atoms with Crippen LogP contribution in [0.3, 0.4) is 0 Å². The molecule has 0 amide bonds. The zero-order valence-electron chi connectivity index (χ0n) is 8.77. The number of aromatic nitrogens is 4. The lowest BCUT2D eigenvalue weighted by molar-refractivity contribution is 0.326. The van der Waals surface area contributed by atoms with Crippen molar-refractivity contribution in [2.24, 2.45) is 0 Å². The third kappa shape index (κ3) is 1.77. The largest absolute Gasteiger partial charge is 0.317 e. The minimum Gasteiger partial charge on any atom is -0.317 e. The molecular weight excluding hydrogens is 178 g/mol. The number of nitrogens with zero attached hydrogens (tertiary/aromatic N) is 4. The van der Waals surface area contributed by atoms with Crippen LogP contribution >= 0.6 is 0 Å². The van der Waals surface area contributed by atoms with Crippen molar-refractivity contribution in [2.75, 3.05) is 13.1 Å². The van der Waals surface area contributed by atoms with Crippen LogP contribution in [-0.2, 0) is 0 Å². The van der Waals surface area contributed by atoms with Gasteiger partial charge in [-0.05, 0) is 36.4 Å². The fourth-order valence-corrected chi connectivity index (χ4v) is 1.89. The molecule has 1 aromatic rings. The first-order valence-electron chi connectivity index (χ1n) is 5.27. The second kappa shape index (κ2) is 4.04. The first-order valence-corrected chi connectivity index (χ1v) is 5.27. The average Bonchev–Trinajstić information content (AvgIpc) is 2.67. The van der Waals surface area contributed by atoms with Gasteiger partial charge in [0.25, 0.3) is 0 Å². The number of hydrogen-bond acceptors (Lipinski definition) is 4. The second-order valence-corrected chi connectivity index (χ2v) is 4.12. The van der Waals surface area contributed by atoms with E-state index in [1.54, 1.807) is 0 Å². The molecule has 0 spiro atoms. The summed E-state index contributed by atoms with van der Waals surface area (Å²) < 4.78 is 2.01. The Balaban J connectivity index is 2.17. The third-order valence-corrected chi connectivity index (χ3v) is 2.69. The van der Waals surface area contributed by atoms with Crippen molar-refractivity contribution in [2.45, 2.75) is 38.6 Å². The number of rotatable bonds is 2. The molecule has 1 saturated heterocycles. The standard InChI is InChI=1S/C9H17N5/c1-7(2)9-11-12-13-14(9)8-3-5-10-6-4-8/h7-8,10H,3-6H2,1-2H3. The van der Waals surface area contributed by atoms with E-state index in [1.807, 2.05) is 4.68 Å². The van der Waals surface area contributed by atoms with Gasteiger partial charge in [-0.2, -0.15) is 0 Å². The highest BCUT2D eigenvalue weighted by Gasteiger charge is 2.20. The Morgan fingerprint density at radius 1 is 1.36 bits per heavy atom. The molecule has 5 heteroatoms. The Morgan fingerprint density at radius 3 is 2.71 bits per heavy atom. The third-order valence-electron chi connectivity index (χ3n) is 2.69. The quantitative estimate of drug-likeness (QED) is 0.755. The molecule has 2 heterocycles. The molecule has 2 rings (SSSR count). The number of piperidine rings is 1. The van der Waals surface area contributed by atoms with Crippen LogP contribution in [0, 0.1) is 0 Å². The summed E-state index contributed by atoms with van der Waals surface area (Å²) >= 11 is 0. The van der Waals surface area contributed by atoms with E-state index in [9.17, 15) is 0 Å². The highest BCUT2D eigenvalue weighted by Crippen LogP contribution is 2.21. The normalized spacial score (nSPS) is 19.1. The zero-order valence-corrected chi connectivity index (χ0v) is 8.77. The van der Waals surface area contributed by atoms with Crippen molar-refractivity contribution in [3.05, 3.63) is 5.82 Å². The maximum atomic E-state index is 4.09. The predicted molar refractivity (Wildman–Crippen MR) is 53.0 cm³/mol. The Bertz CT molecular complexity index is 287.